The Bertz CT molecular complexity index is 533. The minimum absolute atomic E-state index is 0.0220. The molecule has 2 aromatic rings. The van der Waals surface area contributed by atoms with Gasteiger partial charge in [-0.1, -0.05) is 19.3 Å². The van der Waals surface area contributed by atoms with E-state index < -0.39 is 0 Å². The van der Waals surface area contributed by atoms with Gasteiger partial charge in [0.25, 0.3) is 0 Å². The zero-order chi connectivity index (χ0) is 13.2. The lowest BCUT2D eigenvalue weighted by Crippen LogP contribution is -2.25. The number of furan rings is 1. The molecular formula is C14H19N3O2. The third-order valence-corrected chi connectivity index (χ3v) is 3.80. The second kappa shape index (κ2) is 5.09. The predicted octanol–water partition coefficient (Wildman–Crippen LogP) is 2.59. The number of aliphatic hydroxyl groups is 1. The molecule has 1 aliphatic rings. The Morgan fingerprint density at radius 3 is 2.95 bits per heavy atom. The Balaban J connectivity index is 1.91. The molecule has 0 saturated heterocycles. The van der Waals surface area contributed by atoms with E-state index in [9.17, 15) is 5.11 Å². The monoisotopic (exact) mass is 261 g/mol. The number of nitrogen functional groups attached to an aromatic ring is 1. The second-order valence-corrected chi connectivity index (χ2v) is 5.15. The highest BCUT2D eigenvalue weighted by molar-refractivity contribution is 5.56. The van der Waals surface area contributed by atoms with Crippen LogP contribution >= 0.6 is 0 Å². The Hall–Kier alpha value is -1.75. The number of aliphatic hydroxyl groups excluding tert-OH is 1. The summed E-state index contributed by atoms with van der Waals surface area (Å²) in [5, 5.41) is 14.7. The fourth-order valence-corrected chi connectivity index (χ4v) is 2.77. The molecule has 0 aliphatic heterocycles. The van der Waals surface area contributed by atoms with Crippen molar-refractivity contribution in [3.05, 3.63) is 24.5 Å². The van der Waals surface area contributed by atoms with Gasteiger partial charge in [-0.3, -0.25) is 0 Å². The van der Waals surface area contributed by atoms with E-state index in [1.54, 1.807) is 17.0 Å². The van der Waals surface area contributed by atoms with Crippen LogP contribution in [-0.2, 0) is 0 Å². The summed E-state index contributed by atoms with van der Waals surface area (Å²) >= 11 is 0. The van der Waals surface area contributed by atoms with Gasteiger partial charge in [0.2, 0.25) is 0 Å². The first-order valence-electron chi connectivity index (χ1n) is 6.82. The Morgan fingerprint density at radius 2 is 2.16 bits per heavy atom. The third-order valence-electron chi connectivity index (χ3n) is 3.80. The van der Waals surface area contributed by atoms with Crippen molar-refractivity contribution in [2.75, 3.05) is 5.73 Å². The number of hydrogen-bond acceptors (Lipinski definition) is 4. The highest BCUT2D eigenvalue weighted by Crippen LogP contribution is 2.31. The van der Waals surface area contributed by atoms with Gasteiger partial charge >= 0.3 is 0 Å². The lowest BCUT2D eigenvalue weighted by atomic mass is 10.1. The van der Waals surface area contributed by atoms with Crippen LogP contribution in [0, 0.1) is 0 Å². The van der Waals surface area contributed by atoms with Crippen LogP contribution in [-0.4, -0.2) is 21.0 Å². The molecule has 1 aliphatic carbocycles. The van der Waals surface area contributed by atoms with Crippen molar-refractivity contribution in [1.82, 2.24) is 9.78 Å². The summed E-state index contributed by atoms with van der Waals surface area (Å²) in [5.41, 5.74) is 6.76. The molecule has 102 valence electrons. The topological polar surface area (TPSA) is 77.2 Å². The minimum atomic E-state index is -0.367. The number of nitrogens with zero attached hydrogens (tertiary/aromatic N) is 2. The smallest absolute Gasteiger partial charge is 0.154 e. The molecule has 0 bridgehead atoms. The van der Waals surface area contributed by atoms with Gasteiger partial charge in [0.05, 0.1) is 18.4 Å². The zero-order valence-electron chi connectivity index (χ0n) is 10.8. The van der Waals surface area contributed by atoms with E-state index in [0.29, 0.717) is 11.6 Å². The van der Waals surface area contributed by atoms with E-state index in [1.165, 1.54) is 6.42 Å². The minimum Gasteiger partial charge on any atom is -0.463 e. The number of nitrogens with two attached hydrogens (primary N) is 1. The molecule has 0 aromatic carbocycles. The zero-order valence-corrected chi connectivity index (χ0v) is 10.8. The first-order chi connectivity index (χ1) is 9.25. The van der Waals surface area contributed by atoms with Gasteiger partial charge in [0.1, 0.15) is 11.5 Å². The summed E-state index contributed by atoms with van der Waals surface area (Å²) in [6.07, 6.45) is 6.34. The predicted molar refractivity (Wildman–Crippen MR) is 72.5 cm³/mol. The molecule has 0 spiro atoms. The van der Waals surface area contributed by atoms with Gasteiger partial charge in [-0.05, 0) is 25.0 Å². The molecular weight excluding hydrogens is 242 g/mol. The number of anilines is 1. The van der Waals surface area contributed by atoms with Crippen LogP contribution in [0.4, 0.5) is 5.82 Å². The molecule has 2 unspecified atom stereocenters. The van der Waals surface area contributed by atoms with Crippen LogP contribution in [0.3, 0.4) is 0 Å². The Kier molecular flexibility index (Phi) is 3.29. The summed E-state index contributed by atoms with van der Waals surface area (Å²) < 4.78 is 7.09. The molecule has 1 fully saturated rings. The molecule has 5 heteroatoms. The van der Waals surface area contributed by atoms with Gasteiger partial charge in [0, 0.05) is 6.07 Å². The van der Waals surface area contributed by atoms with Gasteiger partial charge < -0.3 is 15.3 Å². The van der Waals surface area contributed by atoms with Crippen LogP contribution in [0.15, 0.2) is 28.9 Å². The van der Waals surface area contributed by atoms with Crippen LogP contribution < -0.4 is 5.73 Å². The SMILES string of the molecule is Nc1cc(-c2ccco2)nn1C1CCCCCC1O. The molecule has 0 radical (unpaired) electrons. The largest absolute Gasteiger partial charge is 0.463 e. The molecule has 19 heavy (non-hydrogen) atoms. The molecule has 2 atom stereocenters. The Morgan fingerprint density at radius 1 is 1.32 bits per heavy atom. The summed E-state index contributed by atoms with van der Waals surface area (Å²) in [7, 11) is 0. The summed E-state index contributed by atoms with van der Waals surface area (Å²) in [5.74, 6) is 1.28. The van der Waals surface area contributed by atoms with Crippen LogP contribution in [0.5, 0.6) is 0 Å². The molecule has 2 aromatic heterocycles. The van der Waals surface area contributed by atoms with E-state index in [2.05, 4.69) is 5.10 Å². The molecule has 1 saturated carbocycles. The van der Waals surface area contributed by atoms with E-state index in [0.717, 1.165) is 31.4 Å². The number of aromatic nitrogens is 2. The van der Waals surface area contributed by atoms with E-state index in [4.69, 9.17) is 10.2 Å². The molecule has 2 heterocycles. The van der Waals surface area contributed by atoms with Crippen LogP contribution in [0.2, 0.25) is 0 Å². The quantitative estimate of drug-likeness (QED) is 0.814. The Labute approximate surface area is 112 Å². The maximum absolute atomic E-state index is 10.2. The summed E-state index contributed by atoms with van der Waals surface area (Å²) in [6, 6.07) is 5.46. The summed E-state index contributed by atoms with van der Waals surface area (Å²) in [6.45, 7) is 0. The first kappa shape index (κ1) is 12.3. The standard InChI is InChI=1S/C14H19N3O2/c15-14-9-10(13-7-4-8-19-13)16-17(14)11-5-2-1-3-6-12(11)18/h4,7-9,11-12,18H,1-3,5-6,15H2. The lowest BCUT2D eigenvalue weighted by Gasteiger charge is -2.21. The first-order valence-corrected chi connectivity index (χ1v) is 6.82. The van der Waals surface area contributed by atoms with Crippen molar-refractivity contribution in [2.24, 2.45) is 0 Å². The maximum atomic E-state index is 10.2. The maximum Gasteiger partial charge on any atom is 0.154 e. The van der Waals surface area contributed by atoms with Crippen molar-refractivity contribution < 1.29 is 9.52 Å². The third kappa shape index (κ3) is 2.38. The average Bonchev–Trinajstić information content (AvgIpc) is 2.99. The van der Waals surface area contributed by atoms with Gasteiger partial charge in [-0.2, -0.15) is 5.10 Å². The van der Waals surface area contributed by atoms with Crippen molar-refractivity contribution in [3.8, 4) is 11.5 Å². The highest BCUT2D eigenvalue weighted by Gasteiger charge is 2.26. The highest BCUT2D eigenvalue weighted by atomic mass is 16.3. The average molecular weight is 261 g/mol. The molecule has 3 N–H and O–H groups in total. The van der Waals surface area contributed by atoms with Crippen LogP contribution in [0.1, 0.15) is 38.1 Å². The van der Waals surface area contributed by atoms with Crippen molar-refractivity contribution in [2.45, 2.75) is 44.2 Å². The molecule has 5 nitrogen and oxygen atoms in total. The molecule has 0 amide bonds. The second-order valence-electron chi connectivity index (χ2n) is 5.15. The fourth-order valence-electron chi connectivity index (χ4n) is 2.77. The fraction of sp³-hybridized carbons (Fsp3) is 0.500. The number of rotatable bonds is 2. The molecule has 3 rings (SSSR count). The van der Waals surface area contributed by atoms with Gasteiger partial charge in [-0.15, -0.1) is 0 Å². The van der Waals surface area contributed by atoms with Gasteiger partial charge in [0.15, 0.2) is 5.76 Å². The lowest BCUT2D eigenvalue weighted by molar-refractivity contribution is 0.100. The van der Waals surface area contributed by atoms with Crippen molar-refractivity contribution in [1.29, 1.82) is 0 Å². The van der Waals surface area contributed by atoms with E-state index >= 15 is 0 Å². The normalized spacial score (nSPS) is 24.3. The van der Waals surface area contributed by atoms with Gasteiger partial charge in [-0.25, -0.2) is 4.68 Å². The number of hydrogen-bond donors (Lipinski definition) is 2. The van der Waals surface area contributed by atoms with Crippen LogP contribution in [0.25, 0.3) is 11.5 Å². The van der Waals surface area contributed by atoms with E-state index in [1.807, 2.05) is 12.1 Å². The summed E-state index contributed by atoms with van der Waals surface area (Å²) in [4.78, 5) is 0. The van der Waals surface area contributed by atoms with Crippen molar-refractivity contribution in [3.63, 3.8) is 0 Å². The van der Waals surface area contributed by atoms with Crippen molar-refractivity contribution >= 4 is 5.82 Å². The van der Waals surface area contributed by atoms with E-state index in [-0.39, 0.29) is 12.1 Å².